The standard InChI is InChI=1S/C9H17N2.ClH/c1-4-5-6-9-7-10(2)8-11(9)3;/h7-8H,4-6H2,1-3H3;1H/q+1;/p-1. The van der Waals surface area contributed by atoms with E-state index < -0.39 is 0 Å². The van der Waals surface area contributed by atoms with Crippen molar-refractivity contribution in [1.82, 2.24) is 4.57 Å². The quantitative estimate of drug-likeness (QED) is 0.495. The Morgan fingerprint density at radius 3 is 2.58 bits per heavy atom. The first-order chi connectivity index (χ1) is 5.24. The highest BCUT2D eigenvalue weighted by atomic mass is 35.5. The molecule has 0 amide bonds. The van der Waals surface area contributed by atoms with E-state index in [-0.39, 0.29) is 12.4 Å². The Bertz CT molecular complexity index is 230. The Morgan fingerprint density at radius 2 is 2.17 bits per heavy atom. The molecule has 1 aromatic rings. The van der Waals surface area contributed by atoms with Crippen molar-refractivity contribution in [1.29, 1.82) is 0 Å². The molecule has 0 aliphatic carbocycles. The van der Waals surface area contributed by atoms with Gasteiger partial charge in [0.25, 0.3) is 0 Å². The largest absolute Gasteiger partial charge is 1.00 e. The second-order valence-corrected chi connectivity index (χ2v) is 3.12. The molecule has 0 atom stereocenters. The van der Waals surface area contributed by atoms with Crippen molar-refractivity contribution in [3.63, 3.8) is 0 Å². The molecule has 0 radical (unpaired) electrons. The summed E-state index contributed by atoms with van der Waals surface area (Å²) in [6.45, 7) is 2.23. The smallest absolute Gasteiger partial charge is 0.243 e. The van der Waals surface area contributed by atoms with E-state index in [0.717, 1.165) is 0 Å². The lowest BCUT2D eigenvalue weighted by Gasteiger charge is -1.92. The molecule has 1 heterocycles. The minimum Gasteiger partial charge on any atom is -1.00 e. The molecule has 0 N–H and O–H groups in total. The first kappa shape index (κ1) is 11.5. The van der Waals surface area contributed by atoms with Crippen molar-refractivity contribution in [2.45, 2.75) is 26.2 Å². The van der Waals surface area contributed by atoms with Gasteiger partial charge in [0.15, 0.2) is 0 Å². The fourth-order valence-corrected chi connectivity index (χ4v) is 1.31. The van der Waals surface area contributed by atoms with E-state index in [2.05, 4.69) is 42.7 Å². The van der Waals surface area contributed by atoms with Crippen molar-refractivity contribution in [3.05, 3.63) is 18.2 Å². The fraction of sp³-hybridized carbons (Fsp3) is 0.667. The summed E-state index contributed by atoms with van der Waals surface area (Å²) in [5.41, 5.74) is 1.43. The summed E-state index contributed by atoms with van der Waals surface area (Å²) >= 11 is 0. The van der Waals surface area contributed by atoms with E-state index in [4.69, 9.17) is 0 Å². The van der Waals surface area contributed by atoms with E-state index in [9.17, 15) is 0 Å². The van der Waals surface area contributed by atoms with E-state index in [1.165, 1.54) is 25.0 Å². The van der Waals surface area contributed by atoms with Crippen LogP contribution in [0.3, 0.4) is 0 Å². The molecule has 1 aromatic heterocycles. The number of unbranched alkanes of at least 4 members (excludes halogenated alkanes) is 1. The molecule has 0 fully saturated rings. The number of hydrogen-bond donors (Lipinski definition) is 0. The SMILES string of the molecule is CCCCc1c[n+](C)cn1C.[Cl-]. The van der Waals surface area contributed by atoms with Gasteiger partial charge < -0.3 is 12.4 Å². The van der Waals surface area contributed by atoms with E-state index in [1.54, 1.807) is 0 Å². The first-order valence-corrected chi connectivity index (χ1v) is 4.24. The maximum absolute atomic E-state index is 2.23. The number of rotatable bonds is 3. The van der Waals surface area contributed by atoms with Gasteiger partial charge in [-0.05, 0) is 6.42 Å². The summed E-state index contributed by atoms with van der Waals surface area (Å²) in [6.07, 6.45) is 8.06. The van der Waals surface area contributed by atoms with Gasteiger partial charge in [0, 0.05) is 6.42 Å². The van der Waals surface area contributed by atoms with Crippen LogP contribution < -0.4 is 17.0 Å². The molecule has 0 aliphatic rings. The summed E-state index contributed by atoms with van der Waals surface area (Å²) in [6, 6.07) is 0. The van der Waals surface area contributed by atoms with Gasteiger partial charge in [-0.25, -0.2) is 9.13 Å². The monoisotopic (exact) mass is 188 g/mol. The van der Waals surface area contributed by atoms with Gasteiger partial charge in [-0.3, -0.25) is 0 Å². The zero-order valence-corrected chi connectivity index (χ0v) is 8.80. The number of hydrogen-bond acceptors (Lipinski definition) is 0. The van der Waals surface area contributed by atoms with Gasteiger partial charge in [-0.1, -0.05) is 13.3 Å². The van der Waals surface area contributed by atoms with Crippen LogP contribution in [0.15, 0.2) is 12.5 Å². The van der Waals surface area contributed by atoms with Crippen LogP contribution in [0.25, 0.3) is 0 Å². The summed E-state index contributed by atoms with van der Waals surface area (Å²) in [7, 11) is 4.17. The van der Waals surface area contributed by atoms with Gasteiger partial charge in [0.2, 0.25) is 6.33 Å². The van der Waals surface area contributed by atoms with Crippen LogP contribution in [0.4, 0.5) is 0 Å². The van der Waals surface area contributed by atoms with Crippen LogP contribution in [0.2, 0.25) is 0 Å². The molecule has 1 rings (SSSR count). The number of imidazole rings is 1. The summed E-state index contributed by atoms with van der Waals surface area (Å²) in [5.74, 6) is 0. The average Bonchev–Trinajstić information content (AvgIpc) is 2.26. The molecule has 0 saturated heterocycles. The summed E-state index contributed by atoms with van der Waals surface area (Å²) in [5, 5.41) is 0. The Kier molecular flexibility index (Phi) is 4.98. The maximum Gasteiger partial charge on any atom is 0.243 e. The fourth-order valence-electron chi connectivity index (χ4n) is 1.31. The third-order valence-corrected chi connectivity index (χ3v) is 1.95. The molecular weight excluding hydrogens is 172 g/mol. The van der Waals surface area contributed by atoms with Gasteiger partial charge >= 0.3 is 0 Å². The molecular formula is C9H17ClN2. The zero-order chi connectivity index (χ0) is 8.27. The van der Waals surface area contributed by atoms with Gasteiger partial charge in [0.1, 0.15) is 11.9 Å². The Labute approximate surface area is 80.6 Å². The zero-order valence-electron chi connectivity index (χ0n) is 8.05. The number of aromatic nitrogens is 2. The van der Waals surface area contributed by atoms with Crippen molar-refractivity contribution in [3.8, 4) is 0 Å². The topological polar surface area (TPSA) is 8.81 Å². The second-order valence-electron chi connectivity index (χ2n) is 3.12. The third kappa shape index (κ3) is 2.86. The van der Waals surface area contributed by atoms with E-state index in [1.807, 2.05) is 0 Å². The average molecular weight is 189 g/mol. The lowest BCUT2D eigenvalue weighted by Crippen LogP contribution is -3.00. The third-order valence-electron chi connectivity index (χ3n) is 1.95. The minimum absolute atomic E-state index is 0. The Balaban J connectivity index is 0.00000121. The predicted molar refractivity (Wildman–Crippen MR) is 45.2 cm³/mol. The molecule has 70 valence electrons. The summed E-state index contributed by atoms with van der Waals surface area (Å²) < 4.78 is 4.29. The van der Waals surface area contributed by atoms with Gasteiger partial charge in [0.05, 0.1) is 14.1 Å². The molecule has 0 aromatic carbocycles. The lowest BCUT2D eigenvalue weighted by molar-refractivity contribution is -0.671. The number of aryl methyl sites for hydroxylation is 3. The molecule has 0 spiro atoms. The molecule has 2 nitrogen and oxygen atoms in total. The van der Waals surface area contributed by atoms with Crippen LogP contribution >= 0.6 is 0 Å². The highest BCUT2D eigenvalue weighted by Crippen LogP contribution is 2.00. The van der Waals surface area contributed by atoms with Crippen LogP contribution in [-0.4, -0.2) is 4.57 Å². The highest BCUT2D eigenvalue weighted by molar-refractivity contribution is 4.92. The van der Waals surface area contributed by atoms with Gasteiger partial charge in [-0.2, -0.15) is 0 Å². The predicted octanol–water partition coefficient (Wildman–Crippen LogP) is -1.80. The normalized spacial score (nSPS) is 9.58. The molecule has 0 saturated carbocycles. The van der Waals surface area contributed by atoms with Gasteiger partial charge in [-0.15, -0.1) is 0 Å². The number of halogens is 1. The van der Waals surface area contributed by atoms with Crippen molar-refractivity contribution in [2.75, 3.05) is 0 Å². The maximum atomic E-state index is 2.23. The molecule has 0 bridgehead atoms. The van der Waals surface area contributed by atoms with Crippen molar-refractivity contribution >= 4 is 0 Å². The van der Waals surface area contributed by atoms with E-state index >= 15 is 0 Å². The highest BCUT2D eigenvalue weighted by Gasteiger charge is 2.05. The minimum atomic E-state index is 0. The lowest BCUT2D eigenvalue weighted by atomic mass is 10.2. The molecule has 3 heteroatoms. The van der Waals surface area contributed by atoms with Crippen LogP contribution in [0.5, 0.6) is 0 Å². The Hall–Kier alpha value is -0.500. The second kappa shape index (κ2) is 5.20. The Morgan fingerprint density at radius 1 is 1.50 bits per heavy atom. The molecule has 0 aliphatic heterocycles. The van der Waals surface area contributed by atoms with Crippen molar-refractivity contribution in [2.24, 2.45) is 14.1 Å². The van der Waals surface area contributed by atoms with Crippen molar-refractivity contribution < 1.29 is 17.0 Å². The van der Waals surface area contributed by atoms with Crippen LogP contribution in [0, 0.1) is 0 Å². The molecule has 12 heavy (non-hydrogen) atoms. The van der Waals surface area contributed by atoms with Crippen LogP contribution in [0.1, 0.15) is 25.5 Å². The molecule has 0 unspecified atom stereocenters. The summed E-state index contributed by atoms with van der Waals surface area (Å²) in [4.78, 5) is 0. The number of nitrogens with zero attached hydrogens (tertiary/aromatic N) is 2. The van der Waals surface area contributed by atoms with Crippen LogP contribution in [-0.2, 0) is 20.5 Å². The van der Waals surface area contributed by atoms with E-state index in [0.29, 0.717) is 0 Å². The first-order valence-electron chi connectivity index (χ1n) is 4.24.